The van der Waals surface area contributed by atoms with Crippen LogP contribution in [0.1, 0.15) is 13.3 Å². The first-order chi connectivity index (χ1) is 5.68. The van der Waals surface area contributed by atoms with Crippen LogP contribution < -0.4 is 0 Å². The second-order valence-electron chi connectivity index (χ2n) is 3.25. The van der Waals surface area contributed by atoms with Gasteiger partial charge in [0.2, 0.25) is 0 Å². The molecule has 0 aromatic rings. The van der Waals surface area contributed by atoms with Gasteiger partial charge in [-0.25, -0.2) is 0 Å². The molecule has 2 aliphatic rings. The van der Waals surface area contributed by atoms with E-state index in [4.69, 9.17) is 0 Å². The lowest BCUT2D eigenvalue weighted by molar-refractivity contribution is -0.157. The highest BCUT2D eigenvalue weighted by Gasteiger charge is 2.37. The third-order valence-corrected chi connectivity index (χ3v) is 2.53. The largest absolute Gasteiger partial charge is 0.345 e. The Morgan fingerprint density at radius 3 is 2.75 bits per heavy atom. The van der Waals surface area contributed by atoms with Crippen molar-refractivity contribution in [2.75, 3.05) is 0 Å². The number of rotatable bonds is 2. The third kappa shape index (κ3) is 1.08. The Morgan fingerprint density at radius 1 is 1.58 bits per heavy atom. The van der Waals surface area contributed by atoms with E-state index in [9.17, 15) is 8.78 Å². The van der Waals surface area contributed by atoms with Gasteiger partial charge in [0.15, 0.2) is 0 Å². The molecule has 0 aromatic heterocycles. The molecule has 0 saturated carbocycles. The maximum Gasteiger partial charge on any atom is 0.345 e. The highest BCUT2D eigenvalue weighted by atomic mass is 19.3. The summed E-state index contributed by atoms with van der Waals surface area (Å²) >= 11 is 0. The fraction of sp³-hybridized carbons (Fsp3) is 0.556. The van der Waals surface area contributed by atoms with Gasteiger partial charge in [0.05, 0.1) is 6.10 Å². The van der Waals surface area contributed by atoms with E-state index < -0.39 is 6.61 Å². The van der Waals surface area contributed by atoms with Crippen molar-refractivity contribution >= 4 is 0 Å². The average molecular weight is 172 g/mol. The smallest absolute Gasteiger partial charge is 0.314 e. The minimum Gasteiger partial charge on any atom is -0.314 e. The van der Waals surface area contributed by atoms with Gasteiger partial charge < -0.3 is 4.74 Å². The van der Waals surface area contributed by atoms with E-state index in [1.807, 2.05) is 19.1 Å². The van der Waals surface area contributed by atoms with Crippen LogP contribution in [0.3, 0.4) is 0 Å². The first-order valence-electron chi connectivity index (χ1n) is 4.00. The summed E-state index contributed by atoms with van der Waals surface area (Å²) in [5.74, 6) is 0.175. The summed E-state index contributed by atoms with van der Waals surface area (Å²) in [6.07, 6.45) is 4.41. The van der Waals surface area contributed by atoms with Crippen molar-refractivity contribution in [2.24, 2.45) is 5.92 Å². The van der Waals surface area contributed by atoms with Crippen LogP contribution in [0.25, 0.3) is 0 Å². The van der Waals surface area contributed by atoms with Crippen molar-refractivity contribution < 1.29 is 13.5 Å². The number of hydrogen-bond donors (Lipinski definition) is 0. The Morgan fingerprint density at radius 2 is 2.33 bits per heavy atom. The number of fused-ring (bicyclic) bond motifs is 2. The standard InChI is InChI=1S/C9H10F2O/c1-5-4-6-2-3-7(5)8(6)12-9(10)11/h2,4,7-9H,3H2,1H3/t7-,8?/m0/s1. The molecule has 0 heterocycles. The van der Waals surface area contributed by atoms with E-state index in [1.165, 1.54) is 0 Å². The zero-order chi connectivity index (χ0) is 8.72. The van der Waals surface area contributed by atoms with Crippen LogP contribution >= 0.6 is 0 Å². The van der Waals surface area contributed by atoms with Gasteiger partial charge in [0.25, 0.3) is 0 Å². The van der Waals surface area contributed by atoms with E-state index in [1.54, 1.807) is 0 Å². The van der Waals surface area contributed by atoms with Gasteiger partial charge in [-0.05, 0) is 18.9 Å². The maximum atomic E-state index is 11.9. The lowest BCUT2D eigenvalue weighted by Gasteiger charge is -2.16. The number of halogens is 2. The van der Waals surface area contributed by atoms with Gasteiger partial charge in [-0.1, -0.05) is 17.7 Å². The molecule has 0 radical (unpaired) electrons. The van der Waals surface area contributed by atoms with E-state index in [2.05, 4.69) is 4.74 Å². The van der Waals surface area contributed by atoms with Crippen molar-refractivity contribution in [1.82, 2.24) is 0 Å². The van der Waals surface area contributed by atoms with Crippen molar-refractivity contribution in [2.45, 2.75) is 26.1 Å². The van der Waals surface area contributed by atoms with E-state index in [0.29, 0.717) is 0 Å². The lowest BCUT2D eigenvalue weighted by atomic mass is 10.0. The molecule has 2 aliphatic carbocycles. The number of ether oxygens (including phenoxy) is 1. The highest BCUT2D eigenvalue weighted by Crippen LogP contribution is 2.41. The normalized spacial score (nSPS) is 32.7. The molecule has 0 spiro atoms. The quantitative estimate of drug-likeness (QED) is 0.621. The van der Waals surface area contributed by atoms with E-state index >= 15 is 0 Å². The Hall–Kier alpha value is -0.700. The topological polar surface area (TPSA) is 9.23 Å². The molecule has 0 fully saturated rings. The number of alkyl halides is 2. The molecule has 0 N–H and O–H groups in total. The molecule has 1 unspecified atom stereocenters. The summed E-state index contributed by atoms with van der Waals surface area (Å²) in [7, 11) is 0. The second kappa shape index (κ2) is 2.66. The SMILES string of the molecule is CC1=CC2=CC[C@@H]1C2OC(F)F. The molecule has 2 bridgehead atoms. The zero-order valence-electron chi connectivity index (χ0n) is 6.76. The minimum atomic E-state index is -2.65. The zero-order valence-corrected chi connectivity index (χ0v) is 6.76. The summed E-state index contributed by atoms with van der Waals surface area (Å²) in [5.41, 5.74) is 2.09. The Kier molecular flexibility index (Phi) is 1.76. The molecule has 12 heavy (non-hydrogen) atoms. The predicted molar refractivity (Wildman–Crippen MR) is 40.8 cm³/mol. The highest BCUT2D eigenvalue weighted by molar-refractivity contribution is 5.42. The Balaban J connectivity index is 2.10. The van der Waals surface area contributed by atoms with Gasteiger partial charge in [-0.15, -0.1) is 0 Å². The van der Waals surface area contributed by atoms with Gasteiger partial charge in [-0.2, -0.15) is 8.78 Å². The summed E-state index contributed by atoms with van der Waals surface area (Å²) in [5, 5.41) is 0. The summed E-state index contributed by atoms with van der Waals surface area (Å²) in [4.78, 5) is 0. The maximum absolute atomic E-state index is 11.9. The molecule has 0 saturated heterocycles. The Bertz CT molecular complexity index is 255. The van der Waals surface area contributed by atoms with E-state index in [0.717, 1.165) is 17.6 Å². The van der Waals surface area contributed by atoms with Crippen LogP contribution in [0, 0.1) is 5.92 Å². The summed E-state index contributed by atoms with van der Waals surface area (Å²) in [6.45, 7) is -0.690. The first-order valence-corrected chi connectivity index (χ1v) is 4.00. The fourth-order valence-corrected chi connectivity index (χ4v) is 1.95. The van der Waals surface area contributed by atoms with Crippen LogP contribution in [-0.2, 0) is 4.74 Å². The van der Waals surface area contributed by atoms with Crippen LogP contribution in [0.15, 0.2) is 23.3 Å². The number of hydrogen-bond acceptors (Lipinski definition) is 1. The minimum absolute atomic E-state index is 0.175. The predicted octanol–water partition coefficient (Wildman–Crippen LogP) is 2.50. The van der Waals surface area contributed by atoms with E-state index in [-0.39, 0.29) is 12.0 Å². The molecule has 66 valence electrons. The first kappa shape index (κ1) is 7.92. The number of allylic oxidation sites excluding steroid dienone is 1. The van der Waals surface area contributed by atoms with Gasteiger partial charge in [0, 0.05) is 5.92 Å². The molecular formula is C9H10F2O. The second-order valence-corrected chi connectivity index (χ2v) is 3.25. The molecule has 2 atom stereocenters. The third-order valence-electron chi connectivity index (χ3n) is 2.53. The lowest BCUT2D eigenvalue weighted by Crippen LogP contribution is -2.20. The van der Waals surface area contributed by atoms with Crippen LogP contribution in [-0.4, -0.2) is 12.7 Å². The Labute approximate surface area is 69.7 Å². The van der Waals surface area contributed by atoms with Crippen molar-refractivity contribution in [1.29, 1.82) is 0 Å². The van der Waals surface area contributed by atoms with Gasteiger partial charge in [0.1, 0.15) is 0 Å². The van der Waals surface area contributed by atoms with Gasteiger partial charge >= 0.3 is 6.61 Å². The fourth-order valence-electron chi connectivity index (χ4n) is 1.95. The summed E-state index contributed by atoms with van der Waals surface area (Å²) < 4.78 is 28.3. The molecule has 0 aliphatic heterocycles. The molecule has 3 heteroatoms. The summed E-state index contributed by atoms with van der Waals surface area (Å²) in [6, 6.07) is 0. The molecule has 0 amide bonds. The monoisotopic (exact) mass is 172 g/mol. The van der Waals surface area contributed by atoms with Gasteiger partial charge in [-0.3, -0.25) is 0 Å². The van der Waals surface area contributed by atoms with Crippen molar-refractivity contribution in [3.63, 3.8) is 0 Å². The molecular weight excluding hydrogens is 162 g/mol. The van der Waals surface area contributed by atoms with Crippen LogP contribution in [0.4, 0.5) is 8.78 Å². The van der Waals surface area contributed by atoms with Crippen LogP contribution in [0.2, 0.25) is 0 Å². The molecule has 2 rings (SSSR count). The van der Waals surface area contributed by atoms with Crippen LogP contribution in [0.5, 0.6) is 0 Å². The molecule has 1 nitrogen and oxygen atoms in total. The van der Waals surface area contributed by atoms with Crippen molar-refractivity contribution in [3.05, 3.63) is 23.3 Å². The average Bonchev–Trinajstić information content (AvgIpc) is 2.44. The van der Waals surface area contributed by atoms with Crippen molar-refractivity contribution in [3.8, 4) is 0 Å². The molecule has 0 aromatic carbocycles.